The lowest BCUT2D eigenvalue weighted by Crippen LogP contribution is -2.52. The third-order valence-electron chi connectivity index (χ3n) is 6.44. The number of aliphatic hydroxyl groups is 1. The van der Waals surface area contributed by atoms with Gasteiger partial charge in [-0.3, -0.25) is 14.4 Å². The molecule has 172 valence electrons. The maximum atomic E-state index is 14.0. The molecule has 2 aromatic carbocycles. The molecule has 0 radical (unpaired) electrons. The number of amides is 2. The molecule has 2 amide bonds. The molecule has 4 rings (SSSR count). The van der Waals surface area contributed by atoms with Crippen LogP contribution in [0.5, 0.6) is 0 Å². The monoisotopic (exact) mass is 447 g/mol. The van der Waals surface area contributed by atoms with Gasteiger partial charge in [0.2, 0.25) is 0 Å². The molecule has 2 heterocycles. The molecule has 2 aliphatic heterocycles. The summed E-state index contributed by atoms with van der Waals surface area (Å²) in [6, 6.07) is 14.2. The third-order valence-corrected chi connectivity index (χ3v) is 6.44. The number of hydrogen-bond acceptors (Lipinski definition) is 5. The zero-order valence-corrected chi connectivity index (χ0v) is 19.5. The summed E-state index contributed by atoms with van der Waals surface area (Å²) in [6.07, 6.45) is 0.577. The largest absolute Gasteiger partial charge is 0.507 e. The number of hydrogen-bond donors (Lipinski definition) is 1. The molecule has 2 aliphatic rings. The number of carbonyl (C=O) groups is 3. The molecule has 1 saturated heterocycles. The molecule has 1 spiro atoms. The molecule has 7 heteroatoms. The highest BCUT2D eigenvalue weighted by atomic mass is 16.3. The maximum Gasteiger partial charge on any atom is 0.296 e. The Hall–Kier alpha value is -3.45. The highest BCUT2D eigenvalue weighted by Gasteiger charge is 2.66. The Balaban J connectivity index is 1.99. The van der Waals surface area contributed by atoms with Gasteiger partial charge in [0, 0.05) is 24.2 Å². The molecule has 1 fully saturated rings. The van der Waals surface area contributed by atoms with Gasteiger partial charge in [-0.05, 0) is 47.0 Å². The van der Waals surface area contributed by atoms with Crippen molar-refractivity contribution in [1.82, 2.24) is 9.80 Å². The van der Waals surface area contributed by atoms with Crippen LogP contribution in [0.25, 0.3) is 5.76 Å². The van der Waals surface area contributed by atoms with E-state index in [9.17, 15) is 19.5 Å². The molecule has 0 saturated carbocycles. The zero-order chi connectivity index (χ0) is 23.9. The summed E-state index contributed by atoms with van der Waals surface area (Å²) in [7, 11) is 3.85. The SMILES string of the molecule is CCN1C(=O)[C@]2(C(=C(O)c3ccc(C)cc3)C(=O)C(=O)N2CCCN(C)C)c2ccccc21. The van der Waals surface area contributed by atoms with E-state index in [1.54, 1.807) is 29.2 Å². The van der Waals surface area contributed by atoms with Gasteiger partial charge in [-0.2, -0.15) is 0 Å². The van der Waals surface area contributed by atoms with E-state index in [2.05, 4.69) is 0 Å². The Morgan fingerprint density at radius 2 is 1.70 bits per heavy atom. The first-order chi connectivity index (χ1) is 15.7. The minimum atomic E-state index is -1.68. The Morgan fingerprint density at radius 3 is 2.33 bits per heavy atom. The lowest BCUT2D eigenvalue weighted by Gasteiger charge is -2.34. The van der Waals surface area contributed by atoms with Gasteiger partial charge in [-0.25, -0.2) is 0 Å². The first-order valence-corrected chi connectivity index (χ1v) is 11.2. The number of anilines is 1. The molecule has 0 aliphatic carbocycles. The molecule has 2 aromatic rings. The minimum Gasteiger partial charge on any atom is -0.507 e. The van der Waals surface area contributed by atoms with E-state index >= 15 is 0 Å². The second-order valence-electron chi connectivity index (χ2n) is 8.81. The fraction of sp³-hybridized carbons (Fsp3) is 0.346. The number of likely N-dealkylation sites (tertiary alicyclic amines) is 1. The van der Waals surface area contributed by atoms with Crippen molar-refractivity contribution in [3.63, 3.8) is 0 Å². The van der Waals surface area contributed by atoms with E-state index in [1.807, 2.05) is 57.1 Å². The van der Waals surface area contributed by atoms with E-state index in [4.69, 9.17) is 0 Å². The van der Waals surface area contributed by atoms with Crippen molar-refractivity contribution in [1.29, 1.82) is 0 Å². The number of benzene rings is 2. The first-order valence-electron chi connectivity index (χ1n) is 11.2. The number of Topliss-reactive ketones (excluding diaryl/α,β-unsaturated/α-hetero) is 1. The topological polar surface area (TPSA) is 81.2 Å². The Labute approximate surface area is 193 Å². The second-order valence-corrected chi connectivity index (χ2v) is 8.81. The predicted molar refractivity (Wildman–Crippen MR) is 127 cm³/mol. The Kier molecular flexibility index (Phi) is 5.84. The lowest BCUT2D eigenvalue weighted by atomic mass is 9.81. The van der Waals surface area contributed by atoms with Crippen molar-refractivity contribution < 1.29 is 19.5 Å². The number of aryl methyl sites for hydroxylation is 1. The van der Waals surface area contributed by atoms with Gasteiger partial charge in [-0.1, -0.05) is 48.0 Å². The number of ketones is 1. The van der Waals surface area contributed by atoms with Crippen molar-refractivity contribution >= 4 is 29.0 Å². The number of fused-ring (bicyclic) bond motifs is 2. The van der Waals surface area contributed by atoms with Crippen LogP contribution >= 0.6 is 0 Å². The zero-order valence-electron chi connectivity index (χ0n) is 19.5. The van der Waals surface area contributed by atoms with Gasteiger partial charge in [-0.15, -0.1) is 0 Å². The number of aliphatic hydroxyl groups excluding tert-OH is 1. The summed E-state index contributed by atoms with van der Waals surface area (Å²) in [6.45, 7) is 5.05. The molecule has 1 N–H and O–H groups in total. The lowest BCUT2D eigenvalue weighted by molar-refractivity contribution is -0.143. The minimum absolute atomic E-state index is 0.158. The van der Waals surface area contributed by atoms with E-state index in [-0.39, 0.29) is 23.8 Å². The fourth-order valence-electron chi connectivity index (χ4n) is 4.88. The maximum absolute atomic E-state index is 14.0. The predicted octanol–water partition coefficient (Wildman–Crippen LogP) is 2.89. The van der Waals surface area contributed by atoms with Crippen LogP contribution in [0.4, 0.5) is 5.69 Å². The molecular formula is C26H29N3O4. The van der Waals surface area contributed by atoms with Crippen molar-refractivity contribution in [3.05, 3.63) is 70.8 Å². The highest BCUT2D eigenvalue weighted by Crippen LogP contribution is 2.53. The number of para-hydroxylation sites is 1. The average molecular weight is 448 g/mol. The van der Waals surface area contributed by atoms with Gasteiger partial charge < -0.3 is 19.8 Å². The summed E-state index contributed by atoms with van der Waals surface area (Å²) in [5.41, 5.74) is 0.752. The molecule has 0 unspecified atom stereocenters. The van der Waals surface area contributed by atoms with Crippen LogP contribution in [0, 0.1) is 6.92 Å². The van der Waals surface area contributed by atoms with Crippen molar-refractivity contribution in [2.75, 3.05) is 38.6 Å². The van der Waals surface area contributed by atoms with Crippen LogP contribution in [0.1, 0.15) is 30.0 Å². The Morgan fingerprint density at radius 1 is 1.03 bits per heavy atom. The van der Waals surface area contributed by atoms with Crippen LogP contribution in [0.3, 0.4) is 0 Å². The second kappa shape index (κ2) is 8.48. The molecule has 0 aromatic heterocycles. The first kappa shape index (κ1) is 22.7. The van der Waals surface area contributed by atoms with E-state index in [0.29, 0.717) is 36.3 Å². The molecule has 33 heavy (non-hydrogen) atoms. The van der Waals surface area contributed by atoms with Gasteiger partial charge in [0.1, 0.15) is 5.76 Å². The summed E-state index contributed by atoms with van der Waals surface area (Å²) in [4.78, 5) is 45.7. The normalized spacial score (nSPS) is 21.5. The summed E-state index contributed by atoms with van der Waals surface area (Å²) in [5.74, 6) is -2.31. The van der Waals surface area contributed by atoms with Crippen molar-refractivity contribution in [3.8, 4) is 0 Å². The summed E-state index contributed by atoms with van der Waals surface area (Å²) in [5, 5.41) is 11.4. The van der Waals surface area contributed by atoms with Crippen LogP contribution in [0.2, 0.25) is 0 Å². The number of rotatable bonds is 6. The number of nitrogens with zero attached hydrogens (tertiary/aromatic N) is 3. The molecular weight excluding hydrogens is 418 g/mol. The average Bonchev–Trinajstić information content (AvgIpc) is 3.17. The van der Waals surface area contributed by atoms with E-state index in [1.165, 1.54) is 4.90 Å². The van der Waals surface area contributed by atoms with Gasteiger partial charge >= 0.3 is 0 Å². The van der Waals surface area contributed by atoms with Crippen molar-refractivity contribution in [2.45, 2.75) is 25.8 Å². The fourth-order valence-corrected chi connectivity index (χ4v) is 4.88. The van der Waals surface area contributed by atoms with Crippen LogP contribution < -0.4 is 4.90 Å². The number of likely N-dealkylation sites (N-methyl/N-ethyl adjacent to an activating group) is 1. The number of carbonyl (C=O) groups excluding carboxylic acids is 3. The van der Waals surface area contributed by atoms with Crippen LogP contribution in [0.15, 0.2) is 54.1 Å². The molecule has 0 bridgehead atoms. The van der Waals surface area contributed by atoms with Gasteiger partial charge in [0.25, 0.3) is 17.6 Å². The highest BCUT2D eigenvalue weighted by molar-refractivity contribution is 6.50. The van der Waals surface area contributed by atoms with E-state index in [0.717, 1.165) is 5.56 Å². The Bertz CT molecular complexity index is 1150. The molecule has 7 nitrogen and oxygen atoms in total. The van der Waals surface area contributed by atoms with E-state index < -0.39 is 17.2 Å². The summed E-state index contributed by atoms with van der Waals surface area (Å²) < 4.78 is 0. The summed E-state index contributed by atoms with van der Waals surface area (Å²) >= 11 is 0. The smallest absolute Gasteiger partial charge is 0.296 e. The van der Waals surface area contributed by atoms with Crippen LogP contribution in [-0.2, 0) is 19.9 Å². The quantitative estimate of drug-likeness (QED) is 0.418. The molecule has 1 atom stereocenters. The standard InChI is InChI=1S/C26H29N3O4/c1-5-28-20-10-7-6-9-19(20)26(25(28)33)21(22(30)18-13-11-17(2)12-14-18)23(31)24(32)29(26)16-8-15-27(3)4/h6-7,9-14,30H,5,8,15-16H2,1-4H3/t26-/m1/s1. The van der Waals surface area contributed by atoms with Crippen molar-refractivity contribution in [2.24, 2.45) is 0 Å². The third kappa shape index (κ3) is 3.35. The van der Waals surface area contributed by atoms with Gasteiger partial charge in [0.15, 0.2) is 5.54 Å². The van der Waals surface area contributed by atoms with Crippen LogP contribution in [-0.4, -0.2) is 66.2 Å². The van der Waals surface area contributed by atoms with Gasteiger partial charge in [0.05, 0.1) is 11.3 Å².